The van der Waals surface area contributed by atoms with Gasteiger partial charge >= 0.3 is 5.97 Å². The number of quaternary nitrogens is 1. The Hall–Kier alpha value is -1.03. The minimum atomic E-state index is -0.760. The standard InChI is InChI=1S/C10H19NO3/c1-4-7-14-8-5-6-11(2,3)9-10(12)13/h4,7H,5-6,8-9H2,1-3H3/p+1. The first kappa shape index (κ1) is 13.0. The molecule has 0 spiro atoms. The van der Waals surface area contributed by atoms with Gasteiger partial charge in [0, 0.05) is 6.42 Å². The number of allylic oxidation sites excluding steroid dienone is 1. The van der Waals surface area contributed by atoms with Crippen LogP contribution in [0.4, 0.5) is 0 Å². The second-order valence-corrected chi connectivity index (χ2v) is 3.90. The maximum Gasteiger partial charge on any atom is 0.359 e. The first-order chi connectivity index (χ1) is 6.48. The summed E-state index contributed by atoms with van der Waals surface area (Å²) in [6, 6.07) is 0. The van der Waals surface area contributed by atoms with Gasteiger partial charge in [-0.05, 0) is 6.92 Å². The van der Waals surface area contributed by atoms with Crippen LogP contribution in [0.1, 0.15) is 13.3 Å². The Balaban J connectivity index is 3.60. The smallest absolute Gasteiger partial charge is 0.359 e. The van der Waals surface area contributed by atoms with E-state index < -0.39 is 5.97 Å². The van der Waals surface area contributed by atoms with Crippen LogP contribution in [0.15, 0.2) is 12.3 Å². The number of likely N-dealkylation sites (N-methyl/N-ethyl adjacent to an activating group) is 1. The summed E-state index contributed by atoms with van der Waals surface area (Å²) in [6.07, 6.45) is 4.35. The van der Waals surface area contributed by atoms with Crippen LogP contribution in [-0.2, 0) is 9.53 Å². The highest BCUT2D eigenvalue weighted by atomic mass is 16.5. The van der Waals surface area contributed by atoms with Crippen molar-refractivity contribution < 1.29 is 19.1 Å². The van der Waals surface area contributed by atoms with Crippen molar-refractivity contribution in [2.24, 2.45) is 0 Å². The molecule has 0 radical (unpaired) electrons. The summed E-state index contributed by atoms with van der Waals surface area (Å²) in [5.41, 5.74) is 0. The maximum absolute atomic E-state index is 10.5. The van der Waals surface area contributed by atoms with E-state index >= 15 is 0 Å². The van der Waals surface area contributed by atoms with Crippen LogP contribution in [-0.4, -0.2) is 49.4 Å². The highest BCUT2D eigenvalue weighted by molar-refractivity contribution is 5.67. The van der Waals surface area contributed by atoms with Gasteiger partial charge in [0.2, 0.25) is 0 Å². The number of carbonyl (C=O) groups is 1. The number of nitrogens with zero attached hydrogens (tertiary/aromatic N) is 1. The van der Waals surface area contributed by atoms with Gasteiger partial charge in [-0.1, -0.05) is 6.08 Å². The second-order valence-electron chi connectivity index (χ2n) is 3.90. The zero-order chi connectivity index (χ0) is 11.0. The third-order valence-electron chi connectivity index (χ3n) is 1.82. The monoisotopic (exact) mass is 202 g/mol. The zero-order valence-corrected chi connectivity index (χ0v) is 9.19. The number of aliphatic carboxylic acids is 1. The van der Waals surface area contributed by atoms with Gasteiger partial charge in [-0.25, -0.2) is 4.79 Å². The lowest BCUT2D eigenvalue weighted by Crippen LogP contribution is -2.44. The van der Waals surface area contributed by atoms with Crippen LogP contribution < -0.4 is 0 Å². The molecule has 0 amide bonds. The fourth-order valence-corrected chi connectivity index (χ4v) is 1.19. The molecule has 0 heterocycles. The van der Waals surface area contributed by atoms with Crippen LogP contribution in [0.3, 0.4) is 0 Å². The summed E-state index contributed by atoms with van der Waals surface area (Å²) >= 11 is 0. The summed E-state index contributed by atoms with van der Waals surface area (Å²) in [7, 11) is 3.81. The highest BCUT2D eigenvalue weighted by Crippen LogP contribution is 1.99. The van der Waals surface area contributed by atoms with E-state index in [-0.39, 0.29) is 6.54 Å². The molecule has 0 aromatic rings. The number of carboxylic acids is 1. The lowest BCUT2D eigenvalue weighted by Gasteiger charge is -2.27. The van der Waals surface area contributed by atoms with E-state index in [0.29, 0.717) is 11.1 Å². The molecule has 82 valence electrons. The van der Waals surface area contributed by atoms with Crippen molar-refractivity contribution in [3.63, 3.8) is 0 Å². The molecular formula is C10H20NO3+. The molecule has 14 heavy (non-hydrogen) atoms. The van der Waals surface area contributed by atoms with E-state index in [0.717, 1.165) is 13.0 Å². The molecule has 0 bridgehead atoms. The largest absolute Gasteiger partial charge is 0.501 e. The van der Waals surface area contributed by atoms with E-state index in [1.807, 2.05) is 27.1 Å². The Morgan fingerprint density at radius 1 is 1.50 bits per heavy atom. The Labute approximate surface area is 85.4 Å². The lowest BCUT2D eigenvalue weighted by atomic mass is 10.3. The van der Waals surface area contributed by atoms with Gasteiger partial charge in [0.25, 0.3) is 0 Å². The fraction of sp³-hybridized carbons (Fsp3) is 0.700. The van der Waals surface area contributed by atoms with Crippen molar-refractivity contribution in [3.8, 4) is 0 Å². The summed E-state index contributed by atoms with van der Waals surface area (Å²) in [5, 5.41) is 8.63. The Morgan fingerprint density at radius 3 is 2.64 bits per heavy atom. The van der Waals surface area contributed by atoms with Crippen LogP contribution in [0.2, 0.25) is 0 Å². The minimum absolute atomic E-state index is 0.156. The fourth-order valence-electron chi connectivity index (χ4n) is 1.19. The number of hydrogen-bond acceptors (Lipinski definition) is 2. The Kier molecular flexibility index (Phi) is 5.95. The molecule has 0 aromatic heterocycles. The third kappa shape index (κ3) is 7.61. The number of ether oxygens (including phenoxy) is 1. The average Bonchev–Trinajstić information content (AvgIpc) is 2.01. The molecule has 0 aromatic carbocycles. The highest BCUT2D eigenvalue weighted by Gasteiger charge is 2.18. The van der Waals surface area contributed by atoms with Gasteiger partial charge in [0.15, 0.2) is 6.54 Å². The van der Waals surface area contributed by atoms with E-state index in [1.54, 1.807) is 6.26 Å². The second kappa shape index (κ2) is 6.43. The molecule has 0 aliphatic rings. The van der Waals surface area contributed by atoms with Crippen molar-refractivity contribution in [3.05, 3.63) is 12.3 Å². The minimum Gasteiger partial charge on any atom is -0.501 e. The van der Waals surface area contributed by atoms with Crippen molar-refractivity contribution in [2.75, 3.05) is 33.8 Å². The van der Waals surface area contributed by atoms with Crippen molar-refractivity contribution >= 4 is 5.97 Å². The third-order valence-corrected chi connectivity index (χ3v) is 1.82. The van der Waals surface area contributed by atoms with E-state index in [1.165, 1.54) is 0 Å². The summed E-state index contributed by atoms with van der Waals surface area (Å²) in [5.74, 6) is -0.760. The first-order valence-corrected chi connectivity index (χ1v) is 4.74. The molecule has 4 nitrogen and oxygen atoms in total. The van der Waals surface area contributed by atoms with Gasteiger partial charge in [-0.3, -0.25) is 0 Å². The molecular weight excluding hydrogens is 182 g/mol. The predicted octanol–water partition coefficient (Wildman–Crippen LogP) is 1.09. The molecule has 0 saturated heterocycles. The number of hydrogen-bond donors (Lipinski definition) is 1. The SMILES string of the molecule is CC=COCCC[N+](C)(C)CC(=O)O. The number of carboxylic acid groups (broad SMARTS) is 1. The van der Waals surface area contributed by atoms with Crippen LogP contribution in [0, 0.1) is 0 Å². The van der Waals surface area contributed by atoms with Crippen LogP contribution in [0.25, 0.3) is 0 Å². The van der Waals surface area contributed by atoms with Crippen LogP contribution >= 0.6 is 0 Å². The van der Waals surface area contributed by atoms with Gasteiger partial charge in [-0.2, -0.15) is 0 Å². The van der Waals surface area contributed by atoms with Gasteiger partial charge in [0.1, 0.15) is 0 Å². The molecule has 0 unspecified atom stereocenters. The van der Waals surface area contributed by atoms with Gasteiger partial charge in [-0.15, -0.1) is 0 Å². The van der Waals surface area contributed by atoms with E-state index in [4.69, 9.17) is 9.84 Å². The predicted molar refractivity (Wildman–Crippen MR) is 54.9 cm³/mol. The molecule has 1 N–H and O–H groups in total. The summed E-state index contributed by atoms with van der Waals surface area (Å²) in [4.78, 5) is 10.5. The van der Waals surface area contributed by atoms with Crippen molar-refractivity contribution in [2.45, 2.75) is 13.3 Å². The molecule has 4 heteroatoms. The zero-order valence-electron chi connectivity index (χ0n) is 9.19. The van der Waals surface area contributed by atoms with Crippen molar-refractivity contribution in [1.29, 1.82) is 0 Å². The van der Waals surface area contributed by atoms with E-state index in [2.05, 4.69) is 0 Å². The topological polar surface area (TPSA) is 46.5 Å². The number of rotatable bonds is 7. The molecule has 0 aliphatic carbocycles. The van der Waals surface area contributed by atoms with Gasteiger partial charge < -0.3 is 14.3 Å². The quantitative estimate of drug-likeness (QED) is 0.382. The molecule has 0 aliphatic heterocycles. The summed E-state index contributed by atoms with van der Waals surface area (Å²) in [6.45, 7) is 3.50. The molecule has 0 fully saturated rings. The normalized spacial score (nSPS) is 11.9. The Morgan fingerprint density at radius 2 is 2.14 bits per heavy atom. The molecule has 0 rings (SSSR count). The van der Waals surface area contributed by atoms with Crippen molar-refractivity contribution in [1.82, 2.24) is 0 Å². The molecule has 0 saturated carbocycles. The Bertz CT molecular complexity index is 200. The maximum atomic E-state index is 10.5. The average molecular weight is 202 g/mol. The first-order valence-electron chi connectivity index (χ1n) is 4.74. The summed E-state index contributed by atoms with van der Waals surface area (Å²) < 4.78 is 5.64. The lowest BCUT2D eigenvalue weighted by molar-refractivity contribution is -0.883. The van der Waals surface area contributed by atoms with Crippen LogP contribution in [0.5, 0.6) is 0 Å². The molecule has 0 atom stereocenters. The van der Waals surface area contributed by atoms with E-state index in [9.17, 15) is 4.79 Å². The van der Waals surface area contributed by atoms with Gasteiger partial charge in [0.05, 0.1) is 33.5 Å².